The van der Waals surface area contributed by atoms with E-state index in [2.05, 4.69) is 34.3 Å². The van der Waals surface area contributed by atoms with E-state index in [0.717, 1.165) is 6.42 Å². The first-order valence-electron chi connectivity index (χ1n) is 4.75. The highest BCUT2D eigenvalue weighted by atomic mass is 16.5. The first-order valence-corrected chi connectivity index (χ1v) is 4.75. The summed E-state index contributed by atoms with van der Waals surface area (Å²) in [4.78, 5) is 0. The molecule has 1 heterocycles. The normalized spacial score (nSPS) is 34.7. The lowest BCUT2D eigenvalue weighted by atomic mass is 9.84. The van der Waals surface area contributed by atoms with Crippen molar-refractivity contribution in [3.05, 3.63) is 12.2 Å². The largest absolute Gasteiger partial charge is 0.372 e. The summed E-state index contributed by atoms with van der Waals surface area (Å²) >= 11 is 0. The van der Waals surface area contributed by atoms with Crippen LogP contribution in [0.2, 0.25) is 0 Å². The van der Waals surface area contributed by atoms with Crippen LogP contribution in [-0.4, -0.2) is 11.7 Å². The van der Waals surface area contributed by atoms with Crippen molar-refractivity contribution in [2.45, 2.75) is 52.2 Å². The summed E-state index contributed by atoms with van der Waals surface area (Å²) in [7, 11) is 0. The number of ether oxygens (including phenoxy) is 1. The third-order valence-electron chi connectivity index (χ3n) is 2.76. The van der Waals surface area contributed by atoms with Gasteiger partial charge in [0.05, 0.1) is 11.7 Å². The Morgan fingerprint density at radius 1 is 1.50 bits per heavy atom. The van der Waals surface area contributed by atoms with Crippen molar-refractivity contribution >= 4 is 0 Å². The van der Waals surface area contributed by atoms with Crippen molar-refractivity contribution in [3.63, 3.8) is 0 Å². The molecular weight excluding hydrogens is 148 g/mol. The van der Waals surface area contributed by atoms with Crippen LogP contribution in [0, 0.1) is 5.92 Å². The number of hydrogen-bond donors (Lipinski definition) is 0. The second-order valence-electron chi connectivity index (χ2n) is 4.57. The summed E-state index contributed by atoms with van der Waals surface area (Å²) < 4.78 is 5.89. The summed E-state index contributed by atoms with van der Waals surface area (Å²) in [5.41, 5.74) is 1.34. The van der Waals surface area contributed by atoms with E-state index in [9.17, 15) is 0 Å². The Bertz CT molecular complexity index is 181. The molecule has 0 radical (unpaired) electrons. The maximum Gasteiger partial charge on any atom is 0.0630 e. The maximum absolute atomic E-state index is 5.89. The van der Waals surface area contributed by atoms with E-state index in [0.29, 0.717) is 12.0 Å². The zero-order valence-electron chi connectivity index (χ0n) is 8.68. The molecule has 12 heavy (non-hydrogen) atoms. The molecule has 1 aliphatic heterocycles. The molecule has 0 amide bonds. The molecule has 0 saturated carbocycles. The smallest absolute Gasteiger partial charge is 0.0630 e. The predicted molar refractivity (Wildman–Crippen MR) is 52.2 cm³/mol. The molecule has 1 saturated heterocycles. The fourth-order valence-corrected chi connectivity index (χ4v) is 2.03. The Labute approximate surface area is 75.8 Å². The highest BCUT2D eigenvalue weighted by Gasteiger charge is 2.32. The molecular formula is C11H20O. The molecule has 1 heteroatoms. The van der Waals surface area contributed by atoms with E-state index in [-0.39, 0.29) is 5.60 Å². The van der Waals surface area contributed by atoms with Gasteiger partial charge in [-0.05, 0) is 40.5 Å². The van der Waals surface area contributed by atoms with Crippen molar-refractivity contribution in [3.8, 4) is 0 Å². The van der Waals surface area contributed by atoms with Gasteiger partial charge in [0, 0.05) is 5.92 Å². The first-order chi connectivity index (χ1) is 5.42. The van der Waals surface area contributed by atoms with Gasteiger partial charge < -0.3 is 4.74 Å². The second-order valence-corrected chi connectivity index (χ2v) is 4.57. The monoisotopic (exact) mass is 168 g/mol. The average molecular weight is 168 g/mol. The molecule has 70 valence electrons. The van der Waals surface area contributed by atoms with E-state index in [4.69, 9.17) is 4.74 Å². The Balaban J connectivity index is 2.60. The lowest BCUT2D eigenvalue weighted by Gasteiger charge is -2.40. The van der Waals surface area contributed by atoms with Gasteiger partial charge in [-0.2, -0.15) is 0 Å². The topological polar surface area (TPSA) is 9.23 Å². The van der Waals surface area contributed by atoms with Gasteiger partial charge in [0.15, 0.2) is 0 Å². The van der Waals surface area contributed by atoms with E-state index >= 15 is 0 Å². The van der Waals surface area contributed by atoms with Gasteiger partial charge in [-0.15, -0.1) is 0 Å². The minimum Gasteiger partial charge on any atom is -0.372 e. The molecule has 0 spiro atoms. The van der Waals surface area contributed by atoms with Crippen molar-refractivity contribution < 1.29 is 4.74 Å². The van der Waals surface area contributed by atoms with Gasteiger partial charge >= 0.3 is 0 Å². The maximum atomic E-state index is 5.89. The summed E-state index contributed by atoms with van der Waals surface area (Å²) in [6.07, 6.45) is 2.71. The summed E-state index contributed by atoms with van der Waals surface area (Å²) in [5, 5.41) is 0. The van der Waals surface area contributed by atoms with Gasteiger partial charge in [0.25, 0.3) is 0 Å². The van der Waals surface area contributed by atoms with Crippen molar-refractivity contribution in [2.75, 3.05) is 0 Å². The average Bonchev–Trinajstić information content (AvgIpc) is 1.83. The number of hydrogen-bond acceptors (Lipinski definition) is 1. The van der Waals surface area contributed by atoms with Crippen LogP contribution < -0.4 is 0 Å². The third kappa shape index (κ3) is 2.10. The lowest BCUT2D eigenvalue weighted by Crippen LogP contribution is -2.39. The molecule has 2 unspecified atom stereocenters. The van der Waals surface area contributed by atoms with Crippen LogP contribution in [0.5, 0.6) is 0 Å². The molecule has 1 aliphatic rings. The molecule has 0 bridgehead atoms. The first kappa shape index (κ1) is 9.79. The van der Waals surface area contributed by atoms with Crippen LogP contribution in [0.15, 0.2) is 12.2 Å². The van der Waals surface area contributed by atoms with Crippen LogP contribution in [0.4, 0.5) is 0 Å². The van der Waals surface area contributed by atoms with Crippen molar-refractivity contribution in [1.29, 1.82) is 0 Å². The molecule has 2 atom stereocenters. The van der Waals surface area contributed by atoms with Gasteiger partial charge in [0.1, 0.15) is 0 Å². The Kier molecular flexibility index (Phi) is 2.62. The van der Waals surface area contributed by atoms with E-state index < -0.39 is 0 Å². The Hall–Kier alpha value is -0.300. The Morgan fingerprint density at radius 2 is 2.08 bits per heavy atom. The minimum absolute atomic E-state index is 0.0748. The standard InChI is InChI=1S/C11H20O/c1-8(2)10-6-7-11(4,5)12-9(10)3/h9-10H,1,6-7H2,2-5H3. The third-order valence-corrected chi connectivity index (χ3v) is 2.76. The SMILES string of the molecule is C=C(C)C1CCC(C)(C)OC1C. The second kappa shape index (κ2) is 3.21. The predicted octanol–water partition coefficient (Wildman–Crippen LogP) is 3.16. The van der Waals surface area contributed by atoms with Gasteiger partial charge in [-0.1, -0.05) is 12.2 Å². The van der Waals surface area contributed by atoms with Crippen LogP contribution in [0.1, 0.15) is 40.5 Å². The Morgan fingerprint density at radius 3 is 2.50 bits per heavy atom. The van der Waals surface area contributed by atoms with E-state index in [1.807, 2.05) is 0 Å². The fraction of sp³-hybridized carbons (Fsp3) is 0.818. The highest BCUT2D eigenvalue weighted by molar-refractivity contribution is 5.01. The molecule has 1 nitrogen and oxygen atoms in total. The van der Waals surface area contributed by atoms with E-state index in [1.165, 1.54) is 12.0 Å². The van der Waals surface area contributed by atoms with E-state index in [1.54, 1.807) is 0 Å². The summed E-state index contributed by atoms with van der Waals surface area (Å²) in [6.45, 7) is 12.6. The molecule has 0 N–H and O–H groups in total. The van der Waals surface area contributed by atoms with Gasteiger partial charge in [-0.25, -0.2) is 0 Å². The molecule has 1 rings (SSSR count). The van der Waals surface area contributed by atoms with Crippen LogP contribution in [-0.2, 0) is 4.74 Å². The minimum atomic E-state index is 0.0748. The molecule has 0 aromatic carbocycles. The van der Waals surface area contributed by atoms with Crippen LogP contribution in [0.25, 0.3) is 0 Å². The van der Waals surface area contributed by atoms with Crippen molar-refractivity contribution in [1.82, 2.24) is 0 Å². The molecule has 0 aromatic heterocycles. The van der Waals surface area contributed by atoms with Crippen molar-refractivity contribution in [2.24, 2.45) is 5.92 Å². The van der Waals surface area contributed by atoms with Gasteiger partial charge in [-0.3, -0.25) is 0 Å². The quantitative estimate of drug-likeness (QED) is 0.546. The molecule has 1 fully saturated rings. The summed E-state index contributed by atoms with van der Waals surface area (Å²) in [5.74, 6) is 0.568. The lowest BCUT2D eigenvalue weighted by molar-refractivity contribution is -0.118. The van der Waals surface area contributed by atoms with Gasteiger partial charge in [0.2, 0.25) is 0 Å². The summed E-state index contributed by atoms with van der Waals surface area (Å²) in [6, 6.07) is 0. The number of rotatable bonds is 1. The van der Waals surface area contributed by atoms with Crippen LogP contribution >= 0.6 is 0 Å². The fourth-order valence-electron chi connectivity index (χ4n) is 2.03. The highest BCUT2D eigenvalue weighted by Crippen LogP contribution is 2.34. The zero-order chi connectivity index (χ0) is 9.35. The van der Waals surface area contributed by atoms with Crippen LogP contribution in [0.3, 0.4) is 0 Å². The molecule has 0 aromatic rings. The molecule has 0 aliphatic carbocycles. The zero-order valence-corrected chi connectivity index (χ0v) is 8.68.